The number of ether oxygens (including phenoxy) is 1. The molecule has 1 aromatic carbocycles. The summed E-state index contributed by atoms with van der Waals surface area (Å²) in [5.41, 5.74) is 4.52. The first-order valence-electron chi connectivity index (χ1n) is 11.7. The third kappa shape index (κ3) is 4.67. The minimum atomic E-state index is 0.0362. The van der Waals surface area contributed by atoms with Gasteiger partial charge in [-0.1, -0.05) is 12.1 Å². The van der Waals surface area contributed by atoms with Gasteiger partial charge in [0.2, 0.25) is 5.91 Å². The molecule has 3 heterocycles. The number of benzene rings is 1. The van der Waals surface area contributed by atoms with Crippen molar-refractivity contribution in [3.63, 3.8) is 0 Å². The van der Waals surface area contributed by atoms with Crippen LogP contribution < -0.4 is 15.0 Å². The predicted molar refractivity (Wildman–Crippen MR) is 127 cm³/mol. The number of anilines is 1. The number of aromatic nitrogens is 3. The maximum atomic E-state index is 12.8. The second kappa shape index (κ2) is 9.57. The van der Waals surface area contributed by atoms with Gasteiger partial charge in [0.05, 0.1) is 7.11 Å². The van der Waals surface area contributed by atoms with Gasteiger partial charge in [-0.05, 0) is 61.9 Å². The van der Waals surface area contributed by atoms with Crippen LogP contribution in [0.2, 0.25) is 0 Å². The summed E-state index contributed by atoms with van der Waals surface area (Å²) < 4.78 is 5.19. The lowest BCUT2D eigenvalue weighted by Gasteiger charge is -2.33. The smallest absolute Gasteiger partial charge is 0.223 e. The molecule has 1 aliphatic heterocycles. The van der Waals surface area contributed by atoms with Gasteiger partial charge < -0.3 is 15.0 Å². The number of carbonyl (C=O) groups is 1. The fourth-order valence-corrected chi connectivity index (χ4v) is 4.73. The quantitative estimate of drug-likeness (QED) is 0.627. The van der Waals surface area contributed by atoms with Gasteiger partial charge in [-0.25, -0.2) is 9.97 Å². The highest BCUT2D eigenvalue weighted by Crippen LogP contribution is 2.33. The lowest BCUT2D eigenvalue weighted by Crippen LogP contribution is -2.41. The van der Waals surface area contributed by atoms with Gasteiger partial charge in [0.25, 0.3) is 0 Å². The molecule has 1 fully saturated rings. The lowest BCUT2D eigenvalue weighted by molar-refractivity contribution is -0.125. The monoisotopic (exact) mass is 443 g/mol. The van der Waals surface area contributed by atoms with Crippen LogP contribution in [-0.2, 0) is 24.2 Å². The van der Waals surface area contributed by atoms with Crippen molar-refractivity contribution >= 4 is 11.7 Å². The minimum absolute atomic E-state index is 0.0362. The second-order valence-corrected chi connectivity index (χ2v) is 8.71. The molecule has 33 heavy (non-hydrogen) atoms. The van der Waals surface area contributed by atoms with E-state index in [0.29, 0.717) is 6.54 Å². The van der Waals surface area contributed by atoms with Gasteiger partial charge in [0.15, 0.2) is 5.82 Å². The number of aryl methyl sites for hydroxylation is 1. The molecule has 5 rings (SSSR count). The third-order valence-electron chi connectivity index (χ3n) is 6.64. The Labute approximate surface area is 194 Å². The Hall–Kier alpha value is -3.48. The summed E-state index contributed by atoms with van der Waals surface area (Å²) in [4.78, 5) is 29.1. The number of methoxy groups -OCH3 is 1. The van der Waals surface area contributed by atoms with E-state index in [-0.39, 0.29) is 11.8 Å². The molecule has 0 bridgehead atoms. The number of piperidine rings is 1. The fraction of sp³-hybridized carbons (Fsp3) is 0.385. The first kappa shape index (κ1) is 21.4. The molecule has 1 N–H and O–H groups in total. The van der Waals surface area contributed by atoms with Crippen molar-refractivity contribution in [2.24, 2.45) is 5.92 Å². The summed E-state index contributed by atoms with van der Waals surface area (Å²) in [7, 11) is 1.65. The van der Waals surface area contributed by atoms with E-state index in [1.165, 1.54) is 11.3 Å². The topological polar surface area (TPSA) is 80.2 Å². The SMILES string of the molecule is COc1ccc(CNC(=O)C2CCN(c3nc(-c4ccncc4)nc4c3CCC4)CC2)cc1. The Balaban J connectivity index is 1.23. The van der Waals surface area contributed by atoms with Gasteiger partial charge in [-0.3, -0.25) is 9.78 Å². The molecule has 7 heteroatoms. The van der Waals surface area contributed by atoms with Gasteiger partial charge >= 0.3 is 0 Å². The molecule has 1 aliphatic carbocycles. The van der Waals surface area contributed by atoms with Crippen molar-refractivity contribution < 1.29 is 9.53 Å². The molecule has 1 amide bonds. The number of fused-ring (bicyclic) bond motifs is 1. The summed E-state index contributed by atoms with van der Waals surface area (Å²) in [5, 5.41) is 3.10. The molecular formula is C26H29N5O2. The highest BCUT2D eigenvalue weighted by molar-refractivity contribution is 5.79. The van der Waals surface area contributed by atoms with Crippen LogP contribution >= 0.6 is 0 Å². The van der Waals surface area contributed by atoms with Crippen LogP contribution in [0, 0.1) is 5.92 Å². The van der Waals surface area contributed by atoms with E-state index in [1.807, 2.05) is 36.4 Å². The zero-order valence-corrected chi connectivity index (χ0v) is 19.0. The Morgan fingerprint density at radius 3 is 2.55 bits per heavy atom. The summed E-state index contributed by atoms with van der Waals surface area (Å²) >= 11 is 0. The number of nitrogens with zero attached hydrogens (tertiary/aromatic N) is 4. The van der Waals surface area contributed by atoms with Gasteiger partial charge in [0.1, 0.15) is 11.6 Å². The first-order valence-corrected chi connectivity index (χ1v) is 11.7. The van der Waals surface area contributed by atoms with Crippen LogP contribution in [-0.4, -0.2) is 41.1 Å². The molecule has 170 valence electrons. The molecule has 7 nitrogen and oxygen atoms in total. The van der Waals surface area contributed by atoms with Crippen molar-refractivity contribution in [1.29, 1.82) is 0 Å². The van der Waals surface area contributed by atoms with E-state index < -0.39 is 0 Å². The lowest BCUT2D eigenvalue weighted by atomic mass is 9.95. The van der Waals surface area contributed by atoms with E-state index in [9.17, 15) is 4.79 Å². The summed E-state index contributed by atoms with van der Waals surface area (Å²) in [6.07, 6.45) is 8.39. The number of hydrogen-bond acceptors (Lipinski definition) is 6. The average molecular weight is 444 g/mol. The van der Waals surface area contributed by atoms with Gasteiger partial charge in [-0.15, -0.1) is 0 Å². The van der Waals surface area contributed by atoms with Crippen molar-refractivity contribution in [2.45, 2.75) is 38.6 Å². The van der Waals surface area contributed by atoms with Crippen LogP contribution in [0.3, 0.4) is 0 Å². The van der Waals surface area contributed by atoms with Crippen LogP contribution in [0.15, 0.2) is 48.8 Å². The molecule has 1 saturated heterocycles. The standard InChI is InChI=1S/C26H29N5O2/c1-33-21-7-5-18(6-8-21)17-28-26(32)20-11-15-31(16-12-20)25-22-3-2-4-23(22)29-24(30-25)19-9-13-27-14-10-19/h5-10,13-14,20H,2-4,11-12,15-17H2,1H3,(H,28,32). The summed E-state index contributed by atoms with van der Waals surface area (Å²) in [6, 6.07) is 11.7. The van der Waals surface area contributed by atoms with Crippen molar-refractivity contribution in [3.05, 3.63) is 65.6 Å². The van der Waals surface area contributed by atoms with E-state index in [2.05, 4.69) is 15.2 Å². The van der Waals surface area contributed by atoms with Crippen LogP contribution in [0.4, 0.5) is 5.82 Å². The zero-order chi connectivity index (χ0) is 22.6. The number of rotatable bonds is 6. The van der Waals surface area contributed by atoms with E-state index in [1.54, 1.807) is 19.5 Å². The Bertz CT molecular complexity index is 1110. The maximum absolute atomic E-state index is 12.8. The zero-order valence-electron chi connectivity index (χ0n) is 19.0. The highest BCUT2D eigenvalue weighted by Gasteiger charge is 2.29. The highest BCUT2D eigenvalue weighted by atomic mass is 16.5. The largest absolute Gasteiger partial charge is 0.497 e. The van der Waals surface area contributed by atoms with Crippen LogP contribution in [0.25, 0.3) is 11.4 Å². The first-order chi connectivity index (χ1) is 16.2. The second-order valence-electron chi connectivity index (χ2n) is 8.71. The van der Waals surface area contributed by atoms with E-state index in [0.717, 1.165) is 73.7 Å². The van der Waals surface area contributed by atoms with E-state index in [4.69, 9.17) is 14.7 Å². The van der Waals surface area contributed by atoms with Crippen LogP contribution in [0.1, 0.15) is 36.1 Å². The number of hydrogen-bond donors (Lipinski definition) is 1. The van der Waals surface area contributed by atoms with E-state index >= 15 is 0 Å². The Morgan fingerprint density at radius 1 is 1.06 bits per heavy atom. The summed E-state index contributed by atoms with van der Waals surface area (Å²) in [5.74, 6) is 2.82. The molecule has 0 atom stereocenters. The van der Waals surface area contributed by atoms with Crippen molar-refractivity contribution in [2.75, 3.05) is 25.1 Å². The Morgan fingerprint density at radius 2 is 1.82 bits per heavy atom. The maximum Gasteiger partial charge on any atom is 0.223 e. The molecule has 2 aromatic heterocycles. The predicted octanol–water partition coefficient (Wildman–Crippen LogP) is 3.57. The number of pyridine rings is 1. The number of nitrogens with one attached hydrogen (secondary N) is 1. The Kier molecular flexibility index (Phi) is 6.19. The molecular weight excluding hydrogens is 414 g/mol. The molecule has 3 aromatic rings. The fourth-order valence-electron chi connectivity index (χ4n) is 4.73. The number of amides is 1. The van der Waals surface area contributed by atoms with Gasteiger partial charge in [0, 0.05) is 54.8 Å². The van der Waals surface area contributed by atoms with Crippen molar-refractivity contribution in [3.8, 4) is 17.1 Å². The normalized spacial score (nSPS) is 15.8. The minimum Gasteiger partial charge on any atom is -0.497 e. The third-order valence-corrected chi connectivity index (χ3v) is 6.64. The van der Waals surface area contributed by atoms with Gasteiger partial charge in [-0.2, -0.15) is 0 Å². The molecule has 2 aliphatic rings. The number of carbonyl (C=O) groups excluding carboxylic acids is 1. The van der Waals surface area contributed by atoms with Crippen molar-refractivity contribution in [1.82, 2.24) is 20.3 Å². The molecule has 0 radical (unpaired) electrons. The molecule has 0 unspecified atom stereocenters. The molecule has 0 spiro atoms. The summed E-state index contributed by atoms with van der Waals surface area (Å²) in [6.45, 7) is 2.21. The molecule has 0 saturated carbocycles. The average Bonchev–Trinajstić information content (AvgIpc) is 3.36. The van der Waals surface area contributed by atoms with Crippen LogP contribution in [0.5, 0.6) is 5.75 Å².